The zero-order valence-electron chi connectivity index (χ0n) is 20.9. The van der Waals surface area contributed by atoms with Gasteiger partial charge in [0.2, 0.25) is 10.0 Å². The number of amides is 1. The number of fused-ring (bicyclic) bond motifs is 1. The van der Waals surface area contributed by atoms with Crippen LogP contribution < -0.4 is 14.9 Å². The number of anilines is 3. The molecular weight excluding hydrogens is 563 g/mol. The number of benzene rings is 1. The van der Waals surface area contributed by atoms with Gasteiger partial charge in [0, 0.05) is 18.5 Å². The van der Waals surface area contributed by atoms with Crippen LogP contribution in [0.15, 0.2) is 48.2 Å². The van der Waals surface area contributed by atoms with Crippen LogP contribution in [0.2, 0.25) is 0 Å². The Morgan fingerprint density at radius 2 is 1.82 bits per heavy atom. The van der Waals surface area contributed by atoms with Crippen LogP contribution in [-0.4, -0.2) is 65.8 Å². The summed E-state index contributed by atoms with van der Waals surface area (Å²) in [6.07, 6.45) is -5.80. The lowest BCUT2D eigenvalue weighted by atomic mass is 10.0. The van der Waals surface area contributed by atoms with E-state index in [1.807, 2.05) is 0 Å². The lowest BCUT2D eigenvalue weighted by molar-refractivity contribution is -0.137. The Hall–Kier alpha value is -3.79. The second-order valence-electron chi connectivity index (χ2n) is 9.02. The number of aliphatic hydroxyl groups is 1. The molecule has 1 amide bonds. The fourth-order valence-electron chi connectivity index (χ4n) is 4.21. The van der Waals surface area contributed by atoms with Gasteiger partial charge in [-0.25, -0.2) is 18.1 Å². The third kappa shape index (κ3) is 7.24. The molecule has 1 aliphatic heterocycles. The smallest absolute Gasteiger partial charge is 0.390 e. The molecule has 40 heavy (non-hydrogen) atoms. The normalized spacial score (nSPS) is 14.4. The molecule has 0 bridgehead atoms. The number of alkyl halides is 3. The molecule has 3 aromatic rings. The number of carbonyl (C=O) groups excluding carboxylic acids is 1. The minimum absolute atomic E-state index is 0.00157. The number of rotatable bonds is 9. The Bertz CT molecular complexity index is 1530. The van der Waals surface area contributed by atoms with E-state index >= 15 is 0 Å². The Morgan fingerprint density at radius 1 is 1.10 bits per heavy atom. The number of sulfonamides is 1. The van der Waals surface area contributed by atoms with Crippen LogP contribution in [-0.2, 0) is 16.6 Å². The standard InChI is InChI=1S/C24H25F5N6O4S/c25-21(26)15-5-8-34(9-6-15)19-13-17(33-40(38,39)12-11-36)2-3-18(19)23(37)32-20-4-1-16-14-30-35(22(16)31-20)10-7-24(27,28)29/h1-4,13-14,33,36H,5-12H2,(H,31,32,37). The van der Waals surface area contributed by atoms with Crippen molar-refractivity contribution < 1.29 is 40.3 Å². The van der Waals surface area contributed by atoms with Crippen LogP contribution in [0.4, 0.5) is 39.1 Å². The summed E-state index contributed by atoms with van der Waals surface area (Å²) < 4.78 is 91.9. The SMILES string of the molecule is O=C(Nc1ccc2cnn(CCC(F)(F)F)c2n1)c1ccc(NS(=O)(=O)CCO)cc1N1CCC(=C(F)F)CC1. The molecule has 10 nitrogen and oxygen atoms in total. The minimum Gasteiger partial charge on any atom is -0.395 e. The summed E-state index contributed by atoms with van der Waals surface area (Å²) in [5, 5.41) is 16.0. The van der Waals surface area contributed by atoms with Crippen molar-refractivity contribution in [3.63, 3.8) is 0 Å². The maximum absolute atomic E-state index is 13.3. The van der Waals surface area contributed by atoms with Gasteiger partial charge < -0.3 is 15.3 Å². The van der Waals surface area contributed by atoms with E-state index < -0.39 is 53.5 Å². The molecule has 3 N–H and O–H groups in total. The monoisotopic (exact) mass is 588 g/mol. The summed E-state index contributed by atoms with van der Waals surface area (Å²) in [4.78, 5) is 19.2. The molecular formula is C24H25F5N6O4S. The Balaban J connectivity index is 1.62. The Kier molecular flexibility index (Phi) is 8.58. The summed E-state index contributed by atoms with van der Waals surface area (Å²) in [5.41, 5.74) is 0.606. The Labute approximate surface area is 225 Å². The quantitative estimate of drug-likeness (QED) is 0.321. The first-order valence-corrected chi connectivity index (χ1v) is 13.7. The molecule has 1 aliphatic rings. The number of aliphatic hydroxyl groups excluding tert-OH is 1. The van der Waals surface area contributed by atoms with E-state index in [1.54, 1.807) is 11.0 Å². The van der Waals surface area contributed by atoms with Crippen molar-refractivity contribution in [2.45, 2.75) is 32.0 Å². The predicted octanol–water partition coefficient (Wildman–Crippen LogP) is 4.12. The number of hydrogen-bond acceptors (Lipinski definition) is 7. The van der Waals surface area contributed by atoms with Gasteiger partial charge in [0.05, 0.1) is 48.5 Å². The molecule has 0 aliphatic carbocycles. The third-order valence-electron chi connectivity index (χ3n) is 6.19. The van der Waals surface area contributed by atoms with Gasteiger partial charge in [0.15, 0.2) is 5.65 Å². The molecule has 2 aromatic heterocycles. The molecule has 1 fully saturated rings. The molecule has 4 rings (SSSR count). The highest BCUT2D eigenvalue weighted by Gasteiger charge is 2.27. The van der Waals surface area contributed by atoms with Crippen LogP contribution in [0.1, 0.15) is 29.6 Å². The van der Waals surface area contributed by atoms with Gasteiger partial charge in [-0.1, -0.05) is 0 Å². The number of pyridine rings is 1. The predicted molar refractivity (Wildman–Crippen MR) is 138 cm³/mol. The molecule has 0 saturated carbocycles. The molecule has 1 aromatic carbocycles. The summed E-state index contributed by atoms with van der Waals surface area (Å²) in [7, 11) is -3.88. The number of aromatic nitrogens is 3. The number of halogens is 5. The van der Waals surface area contributed by atoms with Crippen molar-refractivity contribution in [2.24, 2.45) is 0 Å². The maximum atomic E-state index is 13.3. The second-order valence-corrected chi connectivity index (χ2v) is 10.9. The van der Waals surface area contributed by atoms with E-state index in [2.05, 4.69) is 20.1 Å². The van der Waals surface area contributed by atoms with E-state index in [-0.39, 0.29) is 59.9 Å². The van der Waals surface area contributed by atoms with E-state index in [1.165, 1.54) is 30.5 Å². The van der Waals surface area contributed by atoms with Crippen LogP contribution in [0, 0.1) is 0 Å². The first kappa shape index (κ1) is 29.2. The first-order chi connectivity index (χ1) is 18.8. The molecule has 0 radical (unpaired) electrons. The highest BCUT2D eigenvalue weighted by molar-refractivity contribution is 7.92. The van der Waals surface area contributed by atoms with E-state index in [0.717, 1.165) is 4.68 Å². The van der Waals surface area contributed by atoms with Crippen LogP contribution in [0.5, 0.6) is 0 Å². The van der Waals surface area contributed by atoms with Gasteiger partial charge in [-0.05, 0) is 48.7 Å². The summed E-state index contributed by atoms with van der Waals surface area (Å²) in [6, 6.07) is 7.09. The molecule has 216 valence electrons. The van der Waals surface area contributed by atoms with Gasteiger partial charge in [-0.3, -0.25) is 9.52 Å². The average molecular weight is 589 g/mol. The molecule has 0 unspecified atom stereocenters. The van der Waals surface area contributed by atoms with Crippen LogP contribution in [0.25, 0.3) is 11.0 Å². The minimum atomic E-state index is -4.39. The van der Waals surface area contributed by atoms with Crippen molar-refractivity contribution in [1.82, 2.24) is 14.8 Å². The molecule has 1 saturated heterocycles. The summed E-state index contributed by atoms with van der Waals surface area (Å²) in [6.45, 7) is -0.782. The summed E-state index contributed by atoms with van der Waals surface area (Å²) in [5.74, 6) is -1.18. The molecule has 16 heteroatoms. The van der Waals surface area contributed by atoms with Crippen molar-refractivity contribution in [3.8, 4) is 0 Å². The fraction of sp³-hybridized carbons (Fsp3) is 0.375. The van der Waals surface area contributed by atoms with Crippen LogP contribution >= 0.6 is 0 Å². The van der Waals surface area contributed by atoms with Crippen LogP contribution in [0.3, 0.4) is 0 Å². The maximum Gasteiger partial charge on any atom is 0.390 e. The summed E-state index contributed by atoms with van der Waals surface area (Å²) >= 11 is 0. The number of nitrogens with zero attached hydrogens (tertiary/aromatic N) is 4. The highest BCUT2D eigenvalue weighted by atomic mass is 32.2. The topological polar surface area (TPSA) is 129 Å². The number of aryl methyl sites for hydroxylation is 1. The average Bonchev–Trinajstić information content (AvgIpc) is 3.29. The lowest BCUT2D eigenvalue weighted by Gasteiger charge is -2.31. The Morgan fingerprint density at radius 3 is 2.48 bits per heavy atom. The lowest BCUT2D eigenvalue weighted by Crippen LogP contribution is -2.32. The molecule has 0 spiro atoms. The number of nitrogens with one attached hydrogen (secondary N) is 2. The number of hydrogen-bond donors (Lipinski definition) is 3. The van der Waals surface area contributed by atoms with Gasteiger partial charge >= 0.3 is 6.18 Å². The number of carbonyl (C=O) groups is 1. The van der Waals surface area contributed by atoms with Gasteiger partial charge in [-0.15, -0.1) is 0 Å². The largest absolute Gasteiger partial charge is 0.395 e. The molecule has 3 heterocycles. The van der Waals surface area contributed by atoms with Crippen molar-refractivity contribution >= 4 is 44.2 Å². The number of piperidine rings is 1. The van der Waals surface area contributed by atoms with E-state index in [4.69, 9.17) is 5.11 Å². The van der Waals surface area contributed by atoms with Crippen molar-refractivity contribution in [1.29, 1.82) is 0 Å². The second kappa shape index (κ2) is 11.8. The molecule has 0 atom stereocenters. The van der Waals surface area contributed by atoms with Gasteiger partial charge in [0.25, 0.3) is 12.0 Å². The van der Waals surface area contributed by atoms with Crippen molar-refractivity contribution in [2.75, 3.05) is 40.4 Å². The van der Waals surface area contributed by atoms with Gasteiger partial charge in [0.1, 0.15) is 5.82 Å². The zero-order chi connectivity index (χ0) is 29.1. The zero-order valence-corrected chi connectivity index (χ0v) is 21.7. The third-order valence-corrected chi connectivity index (χ3v) is 7.45. The van der Waals surface area contributed by atoms with E-state index in [0.29, 0.717) is 5.39 Å². The fourth-order valence-corrected chi connectivity index (χ4v) is 5.04. The van der Waals surface area contributed by atoms with Crippen molar-refractivity contribution in [3.05, 3.63) is 53.7 Å². The van der Waals surface area contributed by atoms with Gasteiger partial charge in [-0.2, -0.15) is 27.1 Å². The van der Waals surface area contributed by atoms with E-state index in [9.17, 15) is 35.2 Å². The highest BCUT2D eigenvalue weighted by Crippen LogP contribution is 2.31. The first-order valence-electron chi connectivity index (χ1n) is 12.1.